The lowest BCUT2D eigenvalue weighted by Crippen LogP contribution is -2.22. The Balaban J connectivity index is 1.56. The van der Waals surface area contributed by atoms with E-state index in [-0.39, 0.29) is 17.8 Å². The summed E-state index contributed by atoms with van der Waals surface area (Å²) in [5, 5.41) is 14.6. The highest BCUT2D eigenvalue weighted by Gasteiger charge is 2.24. The van der Waals surface area contributed by atoms with Crippen LogP contribution in [0.3, 0.4) is 0 Å². The van der Waals surface area contributed by atoms with Gasteiger partial charge in [-0.05, 0) is 58.6 Å². The first-order chi connectivity index (χ1) is 15.3. The van der Waals surface area contributed by atoms with Crippen molar-refractivity contribution < 1.29 is 9.53 Å². The van der Waals surface area contributed by atoms with Crippen molar-refractivity contribution in [2.75, 3.05) is 17.7 Å². The van der Waals surface area contributed by atoms with Crippen LogP contribution in [-0.2, 0) is 16.1 Å². The molecule has 7 nitrogen and oxygen atoms in total. The van der Waals surface area contributed by atoms with Gasteiger partial charge in [-0.25, -0.2) is 9.97 Å². The van der Waals surface area contributed by atoms with E-state index in [1.807, 2.05) is 25.3 Å². The summed E-state index contributed by atoms with van der Waals surface area (Å²) in [6.07, 6.45) is 2.14. The predicted molar refractivity (Wildman–Crippen MR) is 129 cm³/mol. The smallest absolute Gasteiger partial charge is 0.235 e. The number of anilines is 1. The van der Waals surface area contributed by atoms with Gasteiger partial charge in [0.05, 0.1) is 24.0 Å². The van der Waals surface area contributed by atoms with Crippen LogP contribution in [0.15, 0.2) is 5.03 Å². The van der Waals surface area contributed by atoms with Gasteiger partial charge in [0.15, 0.2) is 0 Å². The molecule has 0 aliphatic carbocycles. The number of nitriles is 1. The van der Waals surface area contributed by atoms with E-state index in [1.165, 1.54) is 16.6 Å². The largest absolute Gasteiger partial charge is 0.376 e. The van der Waals surface area contributed by atoms with Gasteiger partial charge in [-0.3, -0.25) is 4.79 Å². The molecule has 1 N–H and O–H groups in total. The number of thioether (sulfide) groups is 1. The van der Waals surface area contributed by atoms with Crippen molar-refractivity contribution in [1.82, 2.24) is 14.5 Å². The molecule has 3 aromatic heterocycles. The van der Waals surface area contributed by atoms with E-state index < -0.39 is 0 Å². The number of carbonyl (C=O) groups excluding carboxylic acids is 1. The second kappa shape index (κ2) is 9.22. The Bertz CT molecular complexity index is 1230. The summed E-state index contributed by atoms with van der Waals surface area (Å²) in [6.45, 7) is 11.3. The summed E-state index contributed by atoms with van der Waals surface area (Å²) < 4.78 is 7.81. The first-order valence-corrected chi connectivity index (χ1v) is 12.5. The topological polar surface area (TPSA) is 92.8 Å². The van der Waals surface area contributed by atoms with E-state index >= 15 is 0 Å². The molecule has 3 aromatic rings. The molecule has 4 heterocycles. The van der Waals surface area contributed by atoms with E-state index in [0.29, 0.717) is 23.8 Å². The van der Waals surface area contributed by atoms with E-state index in [9.17, 15) is 10.1 Å². The lowest BCUT2D eigenvalue weighted by atomic mass is 10.2. The molecular weight excluding hydrogens is 442 g/mol. The highest BCUT2D eigenvalue weighted by molar-refractivity contribution is 8.00. The number of amides is 1. The number of hydrogen-bond acceptors (Lipinski definition) is 7. The van der Waals surface area contributed by atoms with Gasteiger partial charge in [-0.2, -0.15) is 5.26 Å². The fraction of sp³-hybridized carbons (Fsp3) is 0.478. The van der Waals surface area contributed by atoms with Crippen LogP contribution in [0.2, 0.25) is 0 Å². The minimum atomic E-state index is -0.161. The van der Waals surface area contributed by atoms with Crippen molar-refractivity contribution in [2.45, 2.75) is 65.1 Å². The van der Waals surface area contributed by atoms with Crippen molar-refractivity contribution >= 4 is 45.0 Å². The first-order valence-electron chi connectivity index (χ1n) is 10.7. The van der Waals surface area contributed by atoms with E-state index in [2.05, 4.69) is 35.2 Å². The van der Waals surface area contributed by atoms with Crippen molar-refractivity contribution in [3.8, 4) is 6.07 Å². The summed E-state index contributed by atoms with van der Waals surface area (Å²) in [5.41, 5.74) is 3.56. The van der Waals surface area contributed by atoms with Crippen LogP contribution < -0.4 is 5.32 Å². The number of nitrogens with zero attached hydrogens (tertiary/aromatic N) is 4. The molecule has 168 valence electrons. The molecule has 1 aliphatic rings. The molecule has 1 amide bonds. The van der Waals surface area contributed by atoms with Gasteiger partial charge in [0, 0.05) is 22.6 Å². The lowest BCUT2D eigenvalue weighted by Gasteiger charge is -2.17. The van der Waals surface area contributed by atoms with E-state index in [1.54, 1.807) is 11.3 Å². The third-order valence-corrected chi connectivity index (χ3v) is 8.13. The van der Waals surface area contributed by atoms with Crippen LogP contribution in [0.1, 0.15) is 45.9 Å². The van der Waals surface area contributed by atoms with E-state index in [0.717, 1.165) is 51.5 Å². The summed E-state index contributed by atoms with van der Waals surface area (Å²) >= 11 is 3.06. The molecule has 1 saturated heterocycles. The SMILES string of the molecule is Cc1nc(SCC(=O)Nc2c(C#N)c(C)c(C)n2C[C@@H]2CCCO2)c2c(C)c(C)sc2n1. The van der Waals surface area contributed by atoms with Crippen molar-refractivity contribution in [2.24, 2.45) is 0 Å². The van der Waals surface area contributed by atoms with Crippen LogP contribution in [0.5, 0.6) is 0 Å². The lowest BCUT2D eigenvalue weighted by molar-refractivity contribution is -0.113. The molecule has 0 spiro atoms. The predicted octanol–water partition coefficient (Wildman–Crippen LogP) is 4.82. The molecule has 1 fully saturated rings. The summed E-state index contributed by atoms with van der Waals surface area (Å²) in [4.78, 5) is 24.3. The van der Waals surface area contributed by atoms with Crippen LogP contribution in [-0.4, -0.2) is 38.9 Å². The number of hydrogen-bond donors (Lipinski definition) is 1. The molecule has 0 saturated carbocycles. The number of rotatable bonds is 6. The maximum atomic E-state index is 12.9. The zero-order chi connectivity index (χ0) is 23.0. The molecule has 0 bridgehead atoms. The van der Waals surface area contributed by atoms with Gasteiger partial charge in [0.2, 0.25) is 5.91 Å². The second-order valence-electron chi connectivity index (χ2n) is 8.17. The quantitative estimate of drug-likeness (QED) is 0.411. The minimum Gasteiger partial charge on any atom is -0.376 e. The van der Waals surface area contributed by atoms with Crippen LogP contribution in [0, 0.1) is 45.9 Å². The van der Waals surface area contributed by atoms with Crippen LogP contribution in [0.25, 0.3) is 10.2 Å². The first kappa shape index (κ1) is 22.8. The number of ether oxygens (including phenoxy) is 1. The van der Waals surface area contributed by atoms with Gasteiger partial charge >= 0.3 is 0 Å². The van der Waals surface area contributed by atoms with Gasteiger partial charge in [0.25, 0.3) is 0 Å². The Labute approximate surface area is 196 Å². The normalized spacial score (nSPS) is 15.9. The molecule has 9 heteroatoms. The highest BCUT2D eigenvalue weighted by atomic mass is 32.2. The summed E-state index contributed by atoms with van der Waals surface area (Å²) in [6, 6.07) is 2.27. The maximum Gasteiger partial charge on any atom is 0.235 e. The number of thiophene rings is 1. The average Bonchev–Trinajstić information content (AvgIpc) is 3.42. The zero-order valence-corrected chi connectivity index (χ0v) is 20.7. The van der Waals surface area contributed by atoms with Crippen LogP contribution >= 0.6 is 23.1 Å². The Morgan fingerprint density at radius 2 is 2.06 bits per heavy atom. The molecule has 1 atom stereocenters. The number of aryl methyl sites for hydroxylation is 3. The number of carbonyl (C=O) groups is 1. The minimum absolute atomic E-state index is 0.110. The molecule has 4 rings (SSSR count). The molecule has 0 aromatic carbocycles. The Morgan fingerprint density at radius 3 is 2.75 bits per heavy atom. The standard InChI is InChI=1S/C23H27N5O2S2/c1-12-14(3)28(10-17-7-6-8-30-17)21(18(12)9-24)27-19(29)11-31-22-20-13(2)15(4)32-23(20)26-16(5)25-22/h17H,6-8,10-11H2,1-5H3,(H,27,29)/t17-/m0/s1. The van der Waals surface area contributed by atoms with Crippen molar-refractivity contribution in [1.29, 1.82) is 5.26 Å². The number of nitrogens with one attached hydrogen (secondary N) is 1. The van der Waals surface area contributed by atoms with Gasteiger partial charge < -0.3 is 14.6 Å². The Kier molecular flexibility index (Phi) is 6.56. The molecule has 0 unspecified atom stereocenters. The second-order valence-corrected chi connectivity index (χ2v) is 10.3. The third-order valence-electron chi connectivity index (χ3n) is 6.06. The van der Waals surface area contributed by atoms with Gasteiger partial charge in [-0.15, -0.1) is 11.3 Å². The fourth-order valence-corrected chi connectivity index (χ4v) is 6.14. The van der Waals surface area contributed by atoms with E-state index in [4.69, 9.17) is 4.74 Å². The average molecular weight is 470 g/mol. The van der Waals surface area contributed by atoms with Crippen LogP contribution in [0.4, 0.5) is 5.82 Å². The summed E-state index contributed by atoms with van der Waals surface area (Å²) in [5.74, 6) is 1.31. The van der Waals surface area contributed by atoms with Crippen molar-refractivity contribution in [3.05, 3.63) is 33.1 Å². The molecular formula is C23H27N5O2S2. The highest BCUT2D eigenvalue weighted by Crippen LogP contribution is 2.35. The zero-order valence-electron chi connectivity index (χ0n) is 19.0. The third kappa shape index (κ3) is 4.27. The van der Waals surface area contributed by atoms with Gasteiger partial charge in [-0.1, -0.05) is 11.8 Å². The molecule has 1 aliphatic heterocycles. The Hall–Kier alpha value is -2.41. The van der Waals surface area contributed by atoms with Gasteiger partial charge in [0.1, 0.15) is 27.6 Å². The van der Waals surface area contributed by atoms with Crippen molar-refractivity contribution in [3.63, 3.8) is 0 Å². The monoisotopic (exact) mass is 469 g/mol. The fourth-order valence-electron chi connectivity index (χ4n) is 4.07. The Morgan fingerprint density at radius 1 is 1.28 bits per heavy atom. The summed E-state index contributed by atoms with van der Waals surface area (Å²) in [7, 11) is 0. The number of fused-ring (bicyclic) bond motifs is 1. The molecule has 32 heavy (non-hydrogen) atoms. The maximum absolute atomic E-state index is 12.9. The molecule has 0 radical (unpaired) electrons. The number of aromatic nitrogens is 3.